The van der Waals surface area contributed by atoms with Crippen LogP contribution < -0.4 is 14.4 Å². The van der Waals surface area contributed by atoms with Crippen LogP contribution in [0.3, 0.4) is 0 Å². The number of hydrogen-bond donors (Lipinski definition) is 1. The van der Waals surface area contributed by atoms with Crippen molar-refractivity contribution < 1.29 is 24.2 Å². The van der Waals surface area contributed by atoms with Crippen LogP contribution in [0.15, 0.2) is 60.9 Å². The summed E-state index contributed by atoms with van der Waals surface area (Å²) in [5, 5.41) is 17.8. The Kier molecular flexibility index (Phi) is 10.5. The maximum Gasteiger partial charge on any atom is 0.338 e. The van der Waals surface area contributed by atoms with Gasteiger partial charge in [-0.3, -0.25) is 14.5 Å². The number of rotatable bonds is 11. The van der Waals surface area contributed by atoms with Gasteiger partial charge >= 0.3 is 5.97 Å². The third kappa shape index (κ3) is 6.79. The van der Waals surface area contributed by atoms with E-state index in [0.29, 0.717) is 59.0 Å². The highest BCUT2D eigenvalue weighted by molar-refractivity contribution is 6.35. The van der Waals surface area contributed by atoms with Gasteiger partial charge in [-0.2, -0.15) is 5.10 Å². The number of aryl methyl sites for hydroxylation is 6. The van der Waals surface area contributed by atoms with Crippen molar-refractivity contribution in [2.45, 2.75) is 67.0 Å². The molecule has 1 aliphatic heterocycles. The van der Waals surface area contributed by atoms with Crippen molar-refractivity contribution >= 4 is 62.6 Å². The van der Waals surface area contributed by atoms with Crippen LogP contribution >= 0.6 is 23.2 Å². The second-order valence-corrected chi connectivity index (χ2v) is 16.4. The van der Waals surface area contributed by atoms with Gasteiger partial charge in [-0.15, -0.1) is 0 Å². The van der Waals surface area contributed by atoms with Gasteiger partial charge in [0.05, 0.1) is 64.3 Å². The van der Waals surface area contributed by atoms with Gasteiger partial charge in [0.2, 0.25) is 0 Å². The van der Waals surface area contributed by atoms with Crippen LogP contribution in [0.1, 0.15) is 79.6 Å². The Morgan fingerprint density at radius 3 is 2.39 bits per heavy atom. The number of fused-ring (bicyclic) bond motifs is 4. The molecule has 1 aliphatic rings. The Morgan fingerprint density at radius 1 is 0.983 bits per heavy atom. The minimum Gasteiger partial charge on any atom is -0.496 e. The monoisotopic (exact) mass is 832 g/mol. The predicted molar refractivity (Wildman–Crippen MR) is 233 cm³/mol. The molecule has 0 saturated carbocycles. The second-order valence-electron chi connectivity index (χ2n) is 15.6. The van der Waals surface area contributed by atoms with Crippen molar-refractivity contribution in [1.29, 1.82) is 0 Å². The number of nitrogens with zero attached hydrogens (tertiary/aromatic N) is 6. The fourth-order valence-electron chi connectivity index (χ4n) is 8.87. The van der Waals surface area contributed by atoms with E-state index < -0.39 is 5.97 Å². The molecule has 8 rings (SSSR count). The van der Waals surface area contributed by atoms with Gasteiger partial charge in [0.15, 0.2) is 0 Å². The number of methoxy groups -OCH3 is 1. The Labute approximate surface area is 352 Å². The highest BCUT2D eigenvalue weighted by atomic mass is 35.5. The van der Waals surface area contributed by atoms with Crippen LogP contribution in [0.2, 0.25) is 10.0 Å². The maximum absolute atomic E-state index is 15.5. The molecule has 1 N–H and O–H groups in total. The molecule has 304 valence electrons. The SMILES string of the molecule is COc1ccc(N2CC(C)n3c(c(CCCOc4cc(C)c(Cl)c(C)c4)c4ccc(Cl)c(-c5c(C)nn(C)c5C)c43)C2=O)c2c1c(C(=O)O)cn2Cc1cc(C)ccn1. The van der Waals surface area contributed by atoms with Gasteiger partial charge in [0.1, 0.15) is 17.2 Å². The minimum atomic E-state index is -1.10. The van der Waals surface area contributed by atoms with E-state index >= 15 is 4.79 Å². The molecule has 1 amide bonds. The molecule has 59 heavy (non-hydrogen) atoms. The number of pyridine rings is 1. The van der Waals surface area contributed by atoms with Crippen LogP contribution in [-0.4, -0.2) is 61.1 Å². The van der Waals surface area contributed by atoms with Gasteiger partial charge < -0.3 is 28.6 Å². The first-order valence-corrected chi connectivity index (χ1v) is 20.4. The lowest BCUT2D eigenvalue weighted by molar-refractivity contribution is 0.0698. The number of carbonyl (C=O) groups excluding carboxylic acids is 1. The first-order valence-electron chi connectivity index (χ1n) is 19.6. The molecular weight excluding hydrogens is 787 g/mol. The molecule has 0 radical (unpaired) electrons. The molecule has 1 atom stereocenters. The van der Waals surface area contributed by atoms with Gasteiger partial charge in [-0.05, 0) is 119 Å². The molecule has 5 heterocycles. The molecule has 0 spiro atoms. The molecule has 13 heteroatoms. The Bertz CT molecular complexity index is 2830. The summed E-state index contributed by atoms with van der Waals surface area (Å²) < 4.78 is 17.9. The van der Waals surface area contributed by atoms with Crippen LogP contribution in [0.5, 0.6) is 11.5 Å². The fourth-order valence-corrected chi connectivity index (χ4v) is 9.23. The minimum absolute atomic E-state index is 0.0752. The molecule has 11 nitrogen and oxygen atoms in total. The van der Waals surface area contributed by atoms with E-state index in [1.54, 1.807) is 23.4 Å². The average Bonchev–Trinajstić information content (AvgIpc) is 3.82. The summed E-state index contributed by atoms with van der Waals surface area (Å²) in [4.78, 5) is 34.6. The van der Waals surface area contributed by atoms with E-state index in [9.17, 15) is 9.90 Å². The van der Waals surface area contributed by atoms with Crippen molar-refractivity contribution in [3.63, 3.8) is 0 Å². The summed E-state index contributed by atoms with van der Waals surface area (Å²) in [6.07, 6.45) is 4.52. The number of aromatic carboxylic acids is 1. The molecule has 1 unspecified atom stereocenters. The number of carbonyl (C=O) groups is 2. The van der Waals surface area contributed by atoms with Crippen LogP contribution in [0, 0.1) is 34.6 Å². The number of amides is 1. The lowest BCUT2D eigenvalue weighted by Crippen LogP contribution is -2.43. The fraction of sp³-hybridized carbons (Fsp3) is 0.304. The number of ether oxygens (including phenoxy) is 2. The van der Waals surface area contributed by atoms with Crippen molar-refractivity contribution in [1.82, 2.24) is 23.9 Å². The third-order valence-corrected chi connectivity index (χ3v) is 12.5. The molecule has 3 aromatic carbocycles. The summed E-state index contributed by atoms with van der Waals surface area (Å²) in [5.74, 6) is -0.157. The zero-order valence-corrected chi connectivity index (χ0v) is 35.9. The van der Waals surface area contributed by atoms with E-state index in [4.69, 9.17) is 37.8 Å². The number of anilines is 1. The molecule has 0 saturated heterocycles. The van der Waals surface area contributed by atoms with E-state index in [2.05, 4.69) is 16.5 Å². The highest BCUT2D eigenvalue weighted by Gasteiger charge is 2.38. The maximum atomic E-state index is 15.5. The third-order valence-electron chi connectivity index (χ3n) is 11.6. The zero-order valence-electron chi connectivity index (χ0n) is 34.4. The number of benzene rings is 3. The Hall–Kier alpha value is -5.78. The molecule has 0 aliphatic carbocycles. The second kappa shape index (κ2) is 15.4. The molecule has 4 aromatic heterocycles. The number of carboxylic acids is 1. The van der Waals surface area contributed by atoms with E-state index in [1.807, 2.05) is 93.4 Å². The van der Waals surface area contributed by atoms with E-state index in [0.717, 1.165) is 72.1 Å². The van der Waals surface area contributed by atoms with Gasteiger partial charge in [-0.25, -0.2) is 4.79 Å². The number of carboxylic acid groups (broad SMARTS) is 1. The summed E-state index contributed by atoms with van der Waals surface area (Å²) >= 11 is 13.6. The van der Waals surface area contributed by atoms with Crippen molar-refractivity contribution in [2.24, 2.45) is 7.05 Å². The lowest BCUT2D eigenvalue weighted by Gasteiger charge is -2.35. The average molecular weight is 834 g/mol. The zero-order chi connectivity index (χ0) is 42.0. The summed E-state index contributed by atoms with van der Waals surface area (Å²) in [6, 6.07) is 15.1. The molecule has 0 bridgehead atoms. The Balaban J connectivity index is 1.30. The quantitative estimate of drug-likeness (QED) is 0.129. The molecule has 7 aromatic rings. The Morgan fingerprint density at radius 2 is 1.73 bits per heavy atom. The van der Waals surface area contributed by atoms with Crippen molar-refractivity contribution in [3.8, 4) is 22.6 Å². The topological polar surface area (TPSA) is 117 Å². The van der Waals surface area contributed by atoms with Gasteiger partial charge in [0, 0.05) is 59.3 Å². The lowest BCUT2D eigenvalue weighted by atomic mass is 9.98. The summed E-state index contributed by atoms with van der Waals surface area (Å²) in [7, 11) is 3.44. The van der Waals surface area contributed by atoms with Crippen molar-refractivity contribution in [3.05, 3.63) is 122 Å². The number of hydrogen-bond acceptors (Lipinski definition) is 6. The smallest absolute Gasteiger partial charge is 0.338 e. The largest absolute Gasteiger partial charge is 0.496 e. The van der Waals surface area contributed by atoms with Crippen molar-refractivity contribution in [2.75, 3.05) is 25.2 Å². The van der Waals surface area contributed by atoms with Crippen LogP contribution in [-0.2, 0) is 20.0 Å². The van der Waals surface area contributed by atoms with Gasteiger partial charge in [0.25, 0.3) is 5.91 Å². The first-order chi connectivity index (χ1) is 28.2. The number of aromatic nitrogens is 5. The molecule has 0 fully saturated rings. The van der Waals surface area contributed by atoms with E-state index in [-0.39, 0.29) is 24.1 Å². The van der Waals surface area contributed by atoms with Gasteiger partial charge in [-0.1, -0.05) is 29.3 Å². The van der Waals surface area contributed by atoms with Crippen LogP contribution in [0.25, 0.3) is 32.9 Å². The summed E-state index contributed by atoms with van der Waals surface area (Å²) in [5.41, 5.74) is 10.8. The summed E-state index contributed by atoms with van der Waals surface area (Å²) in [6.45, 7) is 13.0. The highest BCUT2D eigenvalue weighted by Crippen LogP contribution is 2.46. The normalized spacial score (nSPS) is 14.1. The molecular formula is C46H46Cl2N6O5. The first kappa shape index (κ1) is 40.0. The predicted octanol–water partition coefficient (Wildman–Crippen LogP) is 10.2. The van der Waals surface area contributed by atoms with E-state index in [1.165, 1.54) is 7.11 Å². The standard InChI is InChI=1S/C46H46Cl2N6O5/c1-24-15-16-49-30(18-24)22-52-23-34(46(56)57)39-37(58-8)14-13-36(44(39)52)53-21-27(4)54-42-33(11-12-35(47)40(42)38-28(5)50-51(7)29(38)6)32(43(54)45(53)55)10-9-17-59-31-19-25(2)41(48)26(3)20-31/h11-16,18-20,23,27H,9-10,17,21-22H2,1-8H3,(H,56,57). The van der Waals surface area contributed by atoms with Crippen LogP contribution in [0.4, 0.5) is 5.69 Å². The number of halogens is 2.